The molecule has 1 aliphatic carbocycles. The van der Waals surface area contributed by atoms with Crippen molar-refractivity contribution in [2.24, 2.45) is 5.41 Å². The van der Waals surface area contributed by atoms with E-state index >= 15 is 0 Å². The molecular weight excluding hydrogens is 290 g/mol. The number of hydrogen-bond acceptors (Lipinski definition) is 3. The summed E-state index contributed by atoms with van der Waals surface area (Å²) in [6.45, 7) is 1.13. The molecule has 120 valence electrons. The van der Waals surface area contributed by atoms with Gasteiger partial charge in [-0.2, -0.15) is 0 Å². The van der Waals surface area contributed by atoms with Gasteiger partial charge in [0.1, 0.15) is 12.4 Å². The lowest BCUT2D eigenvalue weighted by Crippen LogP contribution is -2.31. The Bertz CT molecular complexity index is 665. The summed E-state index contributed by atoms with van der Waals surface area (Å²) in [5, 5.41) is 12.2. The highest BCUT2D eigenvalue weighted by molar-refractivity contribution is 5.94. The minimum Gasteiger partial charge on any atom is -0.489 e. The number of benzene rings is 2. The molecule has 0 heterocycles. The van der Waals surface area contributed by atoms with Crippen molar-refractivity contribution in [3.8, 4) is 5.75 Å². The Kier molecular flexibility index (Phi) is 4.63. The molecule has 1 amide bonds. The second-order valence-electron chi connectivity index (χ2n) is 6.14. The molecule has 0 saturated heterocycles. The van der Waals surface area contributed by atoms with E-state index in [-0.39, 0.29) is 17.9 Å². The number of ether oxygens (including phenoxy) is 1. The molecule has 0 aliphatic heterocycles. The van der Waals surface area contributed by atoms with Crippen molar-refractivity contribution < 1.29 is 14.6 Å². The number of carbonyl (C=O) groups is 1. The molecule has 0 atom stereocenters. The van der Waals surface area contributed by atoms with Crippen LogP contribution in [0.4, 0.5) is 0 Å². The van der Waals surface area contributed by atoms with Crippen LogP contribution >= 0.6 is 0 Å². The van der Waals surface area contributed by atoms with E-state index in [9.17, 15) is 9.90 Å². The minimum atomic E-state index is -0.130. The fraction of sp³-hybridized carbons (Fsp3) is 0.316. The second kappa shape index (κ2) is 6.84. The first-order valence-corrected chi connectivity index (χ1v) is 7.87. The Morgan fingerprint density at radius 1 is 1.13 bits per heavy atom. The Hall–Kier alpha value is -2.33. The van der Waals surface area contributed by atoms with Crippen molar-refractivity contribution in [2.45, 2.75) is 19.4 Å². The van der Waals surface area contributed by atoms with Crippen LogP contribution in [-0.2, 0) is 6.61 Å². The summed E-state index contributed by atoms with van der Waals surface area (Å²) in [5.74, 6) is 0.541. The van der Waals surface area contributed by atoms with Gasteiger partial charge in [-0.15, -0.1) is 0 Å². The summed E-state index contributed by atoms with van der Waals surface area (Å²) in [4.78, 5) is 12.2. The average Bonchev–Trinajstić information content (AvgIpc) is 3.40. The third-order valence-electron chi connectivity index (χ3n) is 4.26. The topological polar surface area (TPSA) is 58.6 Å². The molecule has 0 aromatic heterocycles. The number of amides is 1. The van der Waals surface area contributed by atoms with Crippen molar-refractivity contribution in [1.29, 1.82) is 0 Å². The van der Waals surface area contributed by atoms with Crippen molar-refractivity contribution in [3.05, 3.63) is 65.7 Å². The van der Waals surface area contributed by atoms with E-state index in [2.05, 4.69) is 5.32 Å². The van der Waals surface area contributed by atoms with Gasteiger partial charge in [0.05, 0.1) is 6.61 Å². The normalized spacial score (nSPS) is 15.0. The van der Waals surface area contributed by atoms with E-state index < -0.39 is 0 Å². The summed E-state index contributed by atoms with van der Waals surface area (Å²) >= 11 is 0. The molecule has 1 fully saturated rings. The van der Waals surface area contributed by atoms with E-state index in [0.717, 1.165) is 18.4 Å². The number of rotatable bonds is 7. The first-order valence-electron chi connectivity index (χ1n) is 7.87. The Labute approximate surface area is 136 Å². The highest BCUT2D eigenvalue weighted by Crippen LogP contribution is 2.44. The van der Waals surface area contributed by atoms with Crippen LogP contribution in [0.25, 0.3) is 0 Å². The third kappa shape index (κ3) is 4.11. The van der Waals surface area contributed by atoms with Crippen molar-refractivity contribution in [2.75, 3.05) is 13.2 Å². The van der Waals surface area contributed by atoms with Crippen LogP contribution < -0.4 is 10.1 Å². The molecule has 2 N–H and O–H groups in total. The maximum Gasteiger partial charge on any atom is 0.251 e. The number of aliphatic hydroxyl groups excluding tert-OH is 1. The van der Waals surface area contributed by atoms with Crippen LogP contribution in [0, 0.1) is 5.41 Å². The summed E-state index contributed by atoms with van der Waals surface area (Å²) in [6, 6.07) is 17.1. The maximum atomic E-state index is 12.2. The SMILES string of the molecule is O=C(NCC1(CO)CC1)c1cccc(OCc2ccccc2)c1. The van der Waals surface area contributed by atoms with E-state index in [1.807, 2.05) is 42.5 Å². The molecule has 1 saturated carbocycles. The van der Waals surface area contributed by atoms with E-state index in [1.165, 1.54) is 0 Å². The van der Waals surface area contributed by atoms with Crippen molar-refractivity contribution in [1.82, 2.24) is 5.32 Å². The fourth-order valence-electron chi connectivity index (χ4n) is 2.41. The standard InChI is InChI=1S/C19H21NO3/c21-14-19(9-10-19)13-20-18(22)16-7-4-8-17(11-16)23-12-15-5-2-1-3-6-15/h1-8,11,21H,9-10,12-14H2,(H,20,22). The Balaban J connectivity index is 1.57. The summed E-state index contributed by atoms with van der Waals surface area (Å²) in [7, 11) is 0. The molecule has 4 heteroatoms. The smallest absolute Gasteiger partial charge is 0.251 e. The molecule has 2 aromatic carbocycles. The predicted octanol–water partition coefficient (Wildman–Crippen LogP) is 2.77. The molecule has 0 bridgehead atoms. The van der Waals surface area contributed by atoms with Gasteiger partial charge in [-0.3, -0.25) is 4.79 Å². The molecule has 0 unspecified atom stereocenters. The molecular formula is C19H21NO3. The Morgan fingerprint density at radius 2 is 1.91 bits per heavy atom. The molecule has 1 aliphatic rings. The lowest BCUT2D eigenvalue weighted by Gasteiger charge is -2.13. The fourth-order valence-corrected chi connectivity index (χ4v) is 2.41. The lowest BCUT2D eigenvalue weighted by molar-refractivity contribution is 0.0934. The van der Waals surface area contributed by atoms with E-state index in [0.29, 0.717) is 24.5 Å². The maximum absolute atomic E-state index is 12.2. The van der Waals surface area contributed by atoms with Gasteiger partial charge < -0.3 is 15.2 Å². The first kappa shape index (κ1) is 15.6. The molecule has 4 nitrogen and oxygen atoms in total. The second-order valence-corrected chi connectivity index (χ2v) is 6.14. The molecule has 23 heavy (non-hydrogen) atoms. The van der Waals surface area contributed by atoms with Gasteiger partial charge in [0.2, 0.25) is 0 Å². The zero-order chi connectivity index (χ0) is 16.1. The predicted molar refractivity (Wildman–Crippen MR) is 88.3 cm³/mol. The van der Waals surface area contributed by atoms with Crippen LogP contribution in [0.1, 0.15) is 28.8 Å². The van der Waals surface area contributed by atoms with E-state index in [4.69, 9.17) is 4.74 Å². The molecule has 0 spiro atoms. The number of nitrogens with one attached hydrogen (secondary N) is 1. The molecule has 2 aromatic rings. The van der Waals surface area contributed by atoms with Crippen LogP contribution in [0.15, 0.2) is 54.6 Å². The van der Waals surface area contributed by atoms with Crippen molar-refractivity contribution >= 4 is 5.91 Å². The van der Waals surface area contributed by atoms with Gasteiger partial charge in [0, 0.05) is 17.5 Å². The monoisotopic (exact) mass is 311 g/mol. The number of carbonyl (C=O) groups excluding carboxylic acids is 1. The van der Waals surface area contributed by atoms with E-state index in [1.54, 1.807) is 12.1 Å². The van der Waals surface area contributed by atoms with Gasteiger partial charge in [0.25, 0.3) is 5.91 Å². The van der Waals surface area contributed by atoms with Crippen molar-refractivity contribution in [3.63, 3.8) is 0 Å². The minimum absolute atomic E-state index is 0.0862. The van der Waals surface area contributed by atoms with Crippen LogP contribution in [0.5, 0.6) is 5.75 Å². The quantitative estimate of drug-likeness (QED) is 0.826. The lowest BCUT2D eigenvalue weighted by atomic mass is 10.1. The van der Waals surface area contributed by atoms with Crippen LogP contribution in [0.2, 0.25) is 0 Å². The van der Waals surface area contributed by atoms with Crippen LogP contribution in [0.3, 0.4) is 0 Å². The van der Waals surface area contributed by atoms with Gasteiger partial charge in [-0.1, -0.05) is 36.4 Å². The van der Waals surface area contributed by atoms with Gasteiger partial charge in [-0.25, -0.2) is 0 Å². The van der Waals surface area contributed by atoms with Crippen LogP contribution in [-0.4, -0.2) is 24.2 Å². The molecule has 0 radical (unpaired) electrons. The number of hydrogen-bond donors (Lipinski definition) is 2. The highest BCUT2D eigenvalue weighted by Gasteiger charge is 2.42. The van der Waals surface area contributed by atoms with Gasteiger partial charge in [-0.05, 0) is 36.6 Å². The zero-order valence-electron chi connectivity index (χ0n) is 13.0. The summed E-state index contributed by atoms with van der Waals surface area (Å²) in [5.41, 5.74) is 1.57. The van der Waals surface area contributed by atoms with Gasteiger partial charge >= 0.3 is 0 Å². The largest absolute Gasteiger partial charge is 0.489 e. The third-order valence-corrected chi connectivity index (χ3v) is 4.26. The average molecular weight is 311 g/mol. The summed E-state index contributed by atoms with van der Waals surface area (Å²) < 4.78 is 5.74. The zero-order valence-corrected chi connectivity index (χ0v) is 13.0. The number of aliphatic hydroxyl groups is 1. The highest BCUT2D eigenvalue weighted by atomic mass is 16.5. The summed E-state index contributed by atoms with van der Waals surface area (Å²) in [6.07, 6.45) is 1.95. The Morgan fingerprint density at radius 3 is 2.61 bits per heavy atom. The first-order chi connectivity index (χ1) is 11.2. The molecule has 3 rings (SSSR count). The van der Waals surface area contributed by atoms with Gasteiger partial charge in [0.15, 0.2) is 0 Å².